The summed E-state index contributed by atoms with van der Waals surface area (Å²) in [6, 6.07) is 3.87. The summed E-state index contributed by atoms with van der Waals surface area (Å²) in [5.41, 5.74) is 4.79. The molecule has 1 amide bonds. The van der Waals surface area contributed by atoms with Gasteiger partial charge in [0.1, 0.15) is 28.4 Å². The molecule has 0 fully saturated rings. The first-order valence-electron chi connectivity index (χ1n) is 8.81. The molecular weight excluding hydrogens is 401 g/mol. The standard InChI is InChI=1S/C18H22FN5O4S/c1-10-21-15(28-24-10)8-14(25)22-11-5-6-13(19)12(7-11)18(4)9-29(26,27)17(2,3)16(20)23-18/h5-7H,8-9H2,1-4H3,(H2,20,23)(H,22,25). The monoisotopic (exact) mass is 423 g/mol. The SMILES string of the molecule is Cc1noc(CC(=O)Nc2ccc(F)c(C3(C)CS(=O)(=O)C(C)(C)C(N)=N3)c2)n1. The van der Waals surface area contributed by atoms with E-state index >= 15 is 0 Å². The van der Waals surface area contributed by atoms with Crippen molar-refractivity contribution in [1.29, 1.82) is 0 Å². The molecule has 2 heterocycles. The smallest absolute Gasteiger partial charge is 0.236 e. The number of halogens is 1. The van der Waals surface area contributed by atoms with E-state index in [0.29, 0.717) is 5.82 Å². The molecule has 29 heavy (non-hydrogen) atoms. The summed E-state index contributed by atoms with van der Waals surface area (Å²) in [7, 11) is -3.69. The molecule has 0 radical (unpaired) electrons. The van der Waals surface area contributed by atoms with Gasteiger partial charge in [-0.3, -0.25) is 9.79 Å². The summed E-state index contributed by atoms with van der Waals surface area (Å²) in [4.78, 5) is 20.5. The van der Waals surface area contributed by atoms with E-state index in [4.69, 9.17) is 10.3 Å². The average molecular weight is 423 g/mol. The largest absolute Gasteiger partial charge is 0.386 e. The first-order valence-corrected chi connectivity index (χ1v) is 10.5. The van der Waals surface area contributed by atoms with Crippen molar-refractivity contribution < 1.29 is 22.1 Å². The number of sulfone groups is 1. The maximum absolute atomic E-state index is 14.6. The van der Waals surface area contributed by atoms with Crippen LogP contribution >= 0.6 is 0 Å². The number of aliphatic imine (C=N–C) groups is 1. The molecule has 9 nitrogen and oxygen atoms in total. The Morgan fingerprint density at radius 2 is 2.03 bits per heavy atom. The lowest BCUT2D eigenvalue weighted by molar-refractivity contribution is -0.115. The molecule has 1 aromatic heterocycles. The number of benzene rings is 1. The Bertz CT molecular complexity index is 1110. The number of nitrogens with zero attached hydrogens (tertiary/aromatic N) is 3. The Kier molecular flexibility index (Phi) is 4.98. The summed E-state index contributed by atoms with van der Waals surface area (Å²) in [6.07, 6.45) is -0.154. The Balaban J connectivity index is 1.91. The highest BCUT2D eigenvalue weighted by atomic mass is 32.2. The molecule has 3 rings (SSSR count). The predicted molar refractivity (Wildman–Crippen MR) is 105 cm³/mol. The van der Waals surface area contributed by atoms with E-state index < -0.39 is 37.6 Å². The van der Waals surface area contributed by atoms with Crippen LogP contribution in [-0.2, 0) is 26.6 Å². The van der Waals surface area contributed by atoms with Crippen molar-refractivity contribution in [3.8, 4) is 0 Å². The quantitative estimate of drug-likeness (QED) is 0.759. The van der Waals surface area contributed by atoms with Gasteiger partial charge in [-0.25, -0.2) is 12.8 Å². The van der Waals surface area contributed by atoms with E-state index in [9.17, 15) is 17.6 Å². The molecule has 1 aliphatic rings. The molecule has 0 aliphatic carbocycles. The van der Waals surface area contributed by atoms with Gasteiger partial charge in [0.15, 0.2) is 15.7 Å². The Morgan fingerprint density at radius 3 is 2.62 bits per heavy atom. The number of aromatic nitrogens is 2. The maximum Gasteiger partial charge on any atom is 0.236 e. The van der Waals surface area contributed by atoms with E-state index in [1.54, 1.807) is 6.92 Å². The first-order chi connectivity index (χ1) is 13.3. The third-order valence-electron chi connectivity index (χ3n) is 4.94. The zero-order valence-electron chi connectivity index (χ0n) is 16.5. The van der Waals surface area contributed by atoms with Crippen LogP contribution in [0.1, 0.15) is 38.0 Å². The molecule has 1 aliphatic heterocycles. The van der Waals surface area contributed by atoms with Crippen LogP contribution in [-0.4, -0.2) is 40.8 Å². The Hall–Kier alpha value is -2.82. The van der Waals surface area contributed by atoms with Gasteiger partial charge >= 0.3 is 0 Å². The van der Waals surface area contributed by atoms with Crippen molar-refractivity contribution in [3.05, 3.63) is 41.3 Å². The Labute approximate surface area is 167 Å². The lowest BCUT2D eigenvalue weighted by Crippen LogP contribution is -2.55. The van der Waals surface area contributed by atoms with Gasteiger partial charge in [-0.15, -0.1) is 0 Å². The fraction of sp³-hybridized carbons (Fsp3) is 0.444. The number of hydrogen-bond acceptors (Lipinski definition) is 8. The number of rotatable bonds is 4. The number of hydrogen-bond donors (Lipinski definition) is 2. The number of carbonyl (C=O) groups is 1. The molecule has 0 saturated carbocycles. The zero-order chi connectivity index (χ0) is 21.6. The molecule has 156 valence electrons. The third kappa shape index (κ3) is 3.86. The summed E-state index contributed by atoms with van der Waals surface area (Å²) < 4.78 is 43.6. The molecule has 1 aromatic carbocycles. The lowest BCUT2D eigenvalue weighted by Gasteiger charge is -2.38. The maximum atomic E-state index is 14.6. The number of nitrogens with two attached hydrogens (primary N) is 1. The Morgan fingerprint density at radius 1 is 1.34 bits per heavy atom. The molecule has 0 spiro atoms. The molecule has 11 heteroatoms. The van der Waals surface area contributed by atoms with Gasteiger partial charge in [-0.2, -0.15) is 4.98 Å². The van der Waals surface area contributed by atoms with Crippen molar-refractivity contribution >= 4 is 27.3 Å². The molecule has 0 bridgehead atoms. The number of amides is 1. The van der Waals surface area contributed by atoms with Gasteiger partial charge in [0.25, 0.3) is 0 Å². The van der Waals surface area contributed by atoms with Crippen LogP contribution in [0.2, 0.25) is 0 Å². The van der Waals surface area contributed by atoms with Crippen LogP contribution in [0.5, 0.6) is 0 Å². The molecule has 1 unspecified atom stereocenters. The first kappa shape index (κ1) is 20.9. The van der Waals surface area contributed by atoms with Crippen molar-refractivity contribution in [2.75, 3.05) is 11.1 Å². The molecule has 2 aromatic rings. The normalized spacial score (nSPS) is 22.7. The number of amidine groups is 1. The van der Waals surface area contributed by atoms with E-state index in [1.807, 2.05) is 0 Å². The molecule has 0 saturated heterocycles. The van der Waals surface area contributed by atoms with Crippen molar-refractivity contribution in [2.24, 2.45) is 10.7 Å². The minimum atomic E-state index is -3.69. The molecular formula is C18H22FN5O4S. The van der Waals surface area contributed by atoms with E-state index in [1.165, 1.54) is 32.9 Å². The highest BCUT2D eigenvalue weighted by molar-refractivity contribution is 7.93. The zero-order valence-corrected chi connectivity index (χ0v) is 17.3. The van der Waals surface area contributed by atoms with E-state index in [0.717, 1.165) is 6.07 Å². The average Bonchev–Trinajstić information content (AvgIpc) is 2.99. The fourth-order valence-electron chi connectivity index (χ4n) is 3.05. The summed E-state index contributed by atoms with van der Waals surface area (Å²) in [5, 5.41) is 6.22. The fourth-order valence-corrected chi connectivity index (χ4v) is 4.74. The third-order valence-corrected chi connectivity index (χ3v) is 7.65. The van der Waals surface area contributed by atoms with Crippen LogP contribution in [0.3, 0.4) is 0 Å². The second-order valence-electron chi connectivity index (χ2n) is 7.70. The van der Waals surface area contributed by atoms with Crippen molar-refractivity contribution in [3.63, 3.8) is 0 Å². The van der Waals surface area contributed by atoms with Gasteiger partial charge in [0.05, 0.1) is 5.75 Å². The number of nitrogens with one attached hydrogen (secondary N) is 1. The second-order valence-corrected chi connectivity index (χ2v) is 10.2. The highest BCUT2D eigenvalue weighted by Crippen LogP contribution is 2.38. The number of anilines is 1. The van der Waals surface area contributed by atoms with Gasteiger partial charge < -0.3 is 15.6 Å². The minimum Gasteiger partial charge on any atom is -0.386 e. The van der Waals surface area contributed by atoms with Crippen LogP contribution in [0, 0.1) is 12.7 Å². The van der Waals surface area contributed by atoms with Crippen molar-refractivity contribution in [2.45, 2.75) is 44.4 Å². The molecule has 3 N–H and O–H groups in total. The summed E-state index contributed by atoms with van der Waals surface area (Å²) in [6.45, 7) is 6.06. The molecule has 1 atom stereocenters. The lowest BCUT2D eigenvalue weighted by atomic mass is 9.92. The highest BCUT2D eigenvalue weighted by Gasteiger charge is 2.49. The van der Waals surface area contributed by atoms with E-state index in [-0.39, 0.29) is 29.4 Å². The second kappa shape index (κ2) is 6.90. The van der Waals surface area contributed by atoms with Gasteiger partial charge in [-0.1, -0.05) is 5.16 Å². The summed E-state index contributed by atoms with van der Waals surface area (Å²) in [5.74, 6) is -1.05. The van der Waals surface area contributed by atoms with Gasteiger partial charge in [-0.05, 0) is 45.9 Å². The predicted octanol–water partition coefficient (Wildman–Crippen LogP) is 1.48. The van der Waals surface area contributed by atoms with Crippen molar-refractivity contribution in [1.82, 2.24) is 10.1 Å². The number of aryl methyl sites for hydroxylation is 1. The van der Waals surface area contributed by atoms with Crippen LogP contribution < -0.4 is 11.1 Å². The van der Waals surface area contributed by atoms with E-state index in [2.05, 4.69) is 20.4 Å². The topological polar surface area (TPSA) is 141 Å². The van der Waals surface area contributed by atoms with Crippen LogP contribution in [0.4, 0.5) is 10.1 Å². The number of carbonyl (C=O) groups excluding carboxylic acids is 1. The van der Waals surface area contributed by atoms with Crippen LogP contribution in [0.15, 0.2) is 27.7 Å². The minimum absolute atomic E-state index is 0.0194. The van der Waals surface area contributed by atoms with Crippen LogP contribution in [0.25, 0.3) is 0 Å². The summed E-state index contributed by atoms with van der Waals surface area (Å²) >= 11 is 0. The van der Waals surface area contributed by atoms with Gasteiger partial charge in [0.2, 0.25) is 11.8 Å². The van der Waals surface area contributed by atoms with Gasteiger partial charge in [0, 0.05) is 11.3 Å².